The van der Waals surface area contributed by atoms with Gasteiger partial charge in [0.25, 0.3) is 0 Å². The predicted molar refractivity (Wildman–Crippen MR) is 108 cm³/mol. The van der Waals surface area contributed by atoms with Gasteiger partial charge >= 0.3 is 0 Å². The Morgan fingerprint density at radius 2 is 2.04 bits per heavy atom. The second kappa shape index (κ2) is 7.82. The quantitative estimate of drug-likeness (QED) is 0.605. The first-order valence-corrected chi connectivity index (χ1v) is 11.3. The zero-order valence-electron chi connectivity index (χ0n) is 15.5. The number of hydrogen-bond donors (Lipinski definition) is 1. The first kappa shape index (κ1) is 18.2. The molecule has 2 aliphatic rings. The summed E-state index contributed by atoms with van der Waals surface area (Å²) in [6, 6.07) is 0.588. The maximum absolute atomic E-state index is 12.6. The van der Waals surface area contributed by atoms with E-state index in [1.165, 1.54) is 23.3 Å². The minimum absolute atomic E-state index is 0.229. The van der Waals surface area contributed by atoms with Crippen LogP contribution in [0.3, 0.4) is 0 Å². The number of hydrogen-bond acceptors (Lipinski definition) is 6. The number of aryl methyl sites for hydroxylation is 2. The third-order valence-electron chi connectivity index (χ3n) is 5.50. The number of piperidine rings is 1. The number of thiophene rings is 1. The molecule has 2 aromatic heterocycles. The van der Waals surface area contributed by atoms with Crippen molar-refractivity contribution in [3.8, 4) is 0 Å². The second-order valence-corrected chi connectivity index (χ2v) is 9.60. The molecule has 0 spiro atoms. The Kier molecular flexibility index (Phi) is 5.47. The molecule has 7 heteroatoms. The van der Waals surface area contributed by atoms with Crippen molar-refractivity contribution in [3.05, 3.63) is 16.8 Å². The van der Waals surface area contributed by atoms with Crippen LogP contribution in [0.15, 0.2) is 11.4 Å². The third-order valence-corrected chi connectivity index (χ3v) is 7.59. The SMILES string of the molecule is Cc1sc2ncnc(SCC(=O)N3CCC(NCC4CC4)CC3)c2c1C. The van der Waals surface area contributed by atoms with Gasteiger partial charge in [-0.1, -0.05) is 11.8 Å². The molecule has 0 unspecified atom stereocenters. The highest BCUT2D eigenvalue weighted by Crippen LogP contribution is 2.34. The van der Waals surface area contributed by atoms with Gasteiger partial charge in [-0.2, -0.15) is 0 Å². The Bertz CT molecular complexity index is 794. The van der Waals surface area contributed by atoms with Crippen LogP contribution in [0.5, 0.6) is 0 Å². The topological polar surface area (TPSA) is 58.1 Å². The van der Waals surface area contributed by atoms with Crippen LogP contribution in [0.25, 0.3) is 10.2 Å². The summed E-state index contributed by atoms with van der Waals surface area (Å²) < 4.78 is 0. The minimum atomic E-state index is 0.229. The molecule has 1 amide bonds. The van der Waals surface area contributed by atoms with E-state index >= 15 is 0 Å². The summed E-state index contributed by atoms with van der Waals surface area (Å²) in [5, 5.41) is 5.73. The third kappa shape index (κ3) is 4.05. The molecule has 0 bridgehead atoms. The summed E-state index contributed by atoms with van der Waals surface area (Å²) in [6.45, 7) is 7.14. The fraction of sp³-hybridized carbons (Fsp3) is 0.632. The number of nitrogens with one attached hydrogen (secondary N) is 1. The van der Waals surface area contributed by atoms with Gasteiger partial charge in [-0.25, -0.2) is 9.97 Å². The van der Waals surface area contributed by atoms with Gasteiger partial charge in [-0.05, 0) is 57.6 Å². The van der Waals surface area contributed by atoms with Gasteiger partial charge in [0, 0.05) is 29.4 Å². The van der Waals surface area contributed by atoms with Gasteiger partial charge in [0.1, 0.15) is 16.2 Å². The van der Waals surface area contributed by atoms with E-state index in [-0.39, 0.29) is 5.91 Å². The van der Waals surface area contributed by atoms with Crippen LogP contribution < -0.4 is 5.32 Å². The van der Waals surface area contributed by atoms with Gasteiger partial charge in [-0.15, -0.1) is 11.3 Å². The molecule has 2 fully saturated rings. The van der Waals surface area contributed by atoms with Crippen LogP contribution in [0.4, 0.5) is 0 Å². The summed E-state index contributed by atoms with van der Waals surface area (Å²) in [7, 11) is 0. The van der Waals surface area contributed by atoms with Crippen molar-refractivity contribution < 1.29 is 4.79 Å². The summed E-state index contributed by atoms with van der Waals surface area (Å²) in [5.74, 6) is 1.60. The lowest BCUT2D eigenvalue weighted by Crippen LogP contribution is -2.45. The van der Waals surface area contributed by atoms with Crippen LogP contribution in [-0.4, -0.2) is 52.2 Å². The van der Waals surface area contributed by atoms with Gasteiger partial charge < -0.3 is 10.2 Å². The first-order valence-electron chi connectivity index (χ1n) is 9.46. The van der Waals surface area contributed by atoms with Crippen molar-refractivity contribution in [1.82, 2.24) is 20.2 Å². The molecule has 1 saturated heterocycles. The Balaban J connectivity index is 1.30. The maximum Gasteiger partial charge on any atom is 0.232 e. The van der Waals surface area contributed by atoms with Crippen LogP contribution in [-0.2, 0) is 4.79 Å². The summed E-state index contributed by atoms with van der Waals surface area (Å²) in [4.78, 5) is 25.7. The lowest BCUT2D eigenvalue weighted by Gasteiger charge is -2.32. The van der Waals surface area contributed by atoms with Gasteiger partial charge in [-0.3, -0.25) is 4.79 Å². The highest BCUT2D eigenvalue weighted by molar-refractivity contribution is 8.00. The summed E-state index contributed by atoms with van der Waals surface area (Å²) in [6.07, 6.45) is 6.54. The van der Waals surface area contributed by atoms with E-state index < -0.39 is 0 Å². The molecule has 2 aromatic rings. The van der Waals surface area contributed by atoms with E-state index in [2.05, 4.69) is 29.1 Å². The number of carbonyl (C=O) groups excluding carboxylic acids is 1. The van der Waals surface area contributed by atoms with E-state index in [1.807, 2.05) is 4.90 Å². The van der Waals surface area contributed by atoms with Crippen LogP contribution in [0.1, 0.15) is 36.1 Å². The molecule has 5 nitrogen and oxygen atoms in total. The van der Waals surface area contributed by atoms with Crippen LogP contribution in [0, 0.1) is 19.8 Å². The van der Waals surface area contributed by atoms with Crippen LogP contribution >= 0.6 is 23.1 Å². The Morgan fingerprint density at radius 3 is 2.77 bits per heavy atom. The number of nitrogens with zero attached hydrogens (tertiary/aromatic N) is 3. The smallest absolute Gasteiger partial charge is 0.232 e. The Morgan fingerprint density at radius 1 is 1.27 bits per heavy atom. The number of rotatable bonds is 6. The van der Waals surface area contributed by atoms with Crippen molar-refractivity contribution in [2.45, 2.75) is 50.6 Å². The molecule has 1 N–H and O–H groups in total. The van der Waals surface area contributed by atoms with E-state index in [4.69, 9.17) is 0 Å². The number of carbonyl (C=O) groups is 1. The molecular formula is C19H26N4OS2. The molecular weight excluding hydrogens is 364 g/mol. The minimum Gasteiger partial charge on any atom is -0.342 e. The number of thioether (sulfide) groups is 1. The van der Waals surface area contributed by atoms with Gasteiger partial charge in [0.2, 0.25) is 5.91 Å². The van der Waals surface area contributed by atoms with Crippen molar-refractivity contribution >= 4 is 39.2 Å². The largest absolute Gasteiger partial charge is 0.342 e. The maximum atomic E-state index is 12.6. The summed E-state index contributed by atoms with van der Waals surface area (Å²) >= 11 is 3.25. The average Bonchev–Trinajstić information content (AvgIpc) is 3.44. The summed E-state index contributed by atoms with van der Waals surface area (Å²) in [5.41, 5.74) is 1.24. The molecule has 3 heterocycles. The molecule has 4 rings (SSSR count). The fourth-order valence-electron chi connectivity index (χ4n) is 3.47. The van der Waals surface area contributed by atoms with E-state index in [0.29, 0.717) is 11.8 Å². The molecule has 0 aromatic carbocycles. The number of amides is 1. The van der Waals surface area contributed by atoms with Crippen molar-refractivity contribution in [3.63, 3.8) is 0 Å². The zero-order chi connectivity index (χ0) is 18.1. The lowest BCUT2D eigenvalue weighted by molar-refractivity contribution is -0.129. The van der Waals surface area contributed by atoms with E-state index in [9.17, 15) is 4.79 Å². The number of aromatic nitrogens is 2. The lowest BCUT2D eigenvalue weighted by atomic mass is 10.0. The van der Waals surface area contributed by atoms with Crippen LogP contribution in [0.2, 0.25) is 0 Å². The first-order chi connectivity index (χ1) is 12.6. The number of fused-ring (bicyclic) bond motifs is 1. The molecule has 26 heavy (non-hydrogen) atoms. The number of likely N-dealkylation sites (tertiary alicyclic amines) is 1. The molecule has 0 radical (unpaired) electrons. The molecule has 1 saturated carbocycles. The highest BCUT2D eigenvalue weighted by atomic mass is 32.2. The average molecular weight is 391 g/mol. The molecule has 1 aliphatic heterocycles. The van der Waals surface area contributed by atoms with Gasteiger partial charge in [0.05, 0.1) is 5.75 Å². The normalized spacial score (nSPS) is 18.6. The zero-order valence-corrected chi connectivity index (χ0v) is 17.1. The molecule has 1 aliphatic carbocycles. The van der Waals surface area contributed by atoms with E-state index in [0.717, 1.165) is 53.6 Å². The van der Waals surface area contributed by atoms with Crippen molar-refractivity contribution in [2.75, 3.05) is 25.4 Å². The van der Waals surface area contributed by atoms with Crippen molar-refractivity contribution in [1.29, 1.82) is 0 Å². The highest BCUT2D eigenvalue weighted by Gasteiger charge is 2.26. The fourth-order valence-corrected chi connectivity index (χ4v) is 5.49. The monoisotopic (exact) mass is 390 g/mol. The second-order valence-electron chi connectivity index (χ2n) is 7.44. The predicted octanol–water partition coefficient (Wildman–Crippen LogP) is 3.39. The Hall–Kier alpha value is -1.18. The molecule has 140 valence electrons. The van der Waals surface area contributed by atoms with E-state index in [1.54, 1.807) is 29.4 Å². The van der Waals surface area contributed by atoms with Crippen molar-refractivity contribution in [2.24, 2.45) is 5.92 Å². The standard InChI is InChI=1S/C19H26N4OS2/c1-12-13(2)26-19-17(12)18(21-11-22-19)25-10-16(24)23-7-5-15(6-8-23)20-9-14-3-4-14/h11,14-15,20H,3-10H2,1-2H3. The van der Waals surface area contributed by atoms with Gasteiger partial charge in [0.15, 0.2) is 0 Å². The molecule has 0 atom stereocenters. The Labute approximate surface area is 163 Å².